The molecule has 0 spiro atoms. The second-order valence-corrected chi connectivity index (χ2v) is 6.36. The minimum atomic E-state index is 0.319. The second kappa shape index (κ2) is 5.97. The van der Waals surface area contributed by atoms with Gasteiger partial charge in [-0.15, -0.1) is 0 Å². The first kappa shape index (κ1) is 14.7. The maximum atomic E-state index is 4.88. The molecule has 1 heterocycles. The molecule has 0 aliphatic carbocycles. The molecule has 0 aliphatic rings. The summed E-state index contributed by atoms with van der Waals surface area (Å²) in [7, 11) is 0. The summed E-state index contributed by atoms with van der Waals surface area (Å²) in [5.41, 5.74) is 2.20. The van der Waals surface area contributed by atoms with Gasteiger partial charge in [0, 0.05) is 17.1 Å². The molecule has 0 aliphatic heterocycles. The summed E-state index contributed by atoms with van der Waals surface area (Å²) in [6, 6.07) is 27.9. The van der Waals surface area contributed by atoms with E-state index in [1.807, 2.05) is 12.1 Å². The van der Waals surface area contributed by atoms with Crippen molar-refractivity contribution < 1.29 is 0 Å². The van der Waals surface area contributed by atoms with Gasteiger partial charge < -0.3 is 4.90 Å². The molecular formula is C22H20N2. The molecule has 2 heteroatoms. The van der Waals surface area contributed by atoms with Crippen LogP contribution in [0.2, 0.25) is 0 Å². The first-order valence-electron chi connectivity index (χ1n) is 8.36. The number of rotatable bonds is 3. The predicted molar refractivity (Wildman–Crippen MR) is 103 cm³/mol. The number of aromatic nitrogens is 1. The molecule has 0 amide bonds. The summed E-state index contributed by atoms with van der Waals surface area (Å²) in [4.78, 5) is 7.17. The first-order valence-corrected chi connectivity index (χ1v) is 8.36. The molecular weight excluding hydrogens is 292 g/mol. The van der Waals surface area contributed by atoms with Crippen molar-refractivity contribution in [1.29, 1.82) is 0 Å². The average Bonchev–Trinajstić information content (AvgIpc) is 2.61. The number of nitrogens with zero attached hydrogens (tertiary/aromatic N) is 2. The fourth-order valence-corrected chi connectivity index (χ4v) is 3.21. The lowest BCUT2D eigenvalue weighted by Gasteiger charge is -2.28. The lowest BCUT2D eigenvalue weighted by Crippen LogP contribution is -2.26. The second-order valence-electron chi connectivity index (χ2n) is 6.36. The molecule has 0 bridgehead atoms. The third kappa shape index (κ3) is 2.61. The van der Waals surface area contributed by atoms with Gasteiger partial charge in [-0.2, -0.15) is 0 Å². The van der Waals surface area contributed by atoms with E-state index in [1.165, 1.54) is 21.8 Å². The number of hydrogen-bond acceptors (Lipinski definition) is 2. The number of hydrogen-bond donors (Lipinski definition) is 0. The molecule has 118 valence electrons. The van der Waals surface area contributed by atoms with Gasteiger partial charge in [0.25, 0.3) is 0 Å². The molecule has 3 aromatic carbocycles. The molecule has 0 radical (unpaired) electrons. The summed E-state index contributed by atoms with van der Waals surface area (Å²) in [6.45, 7) is 4.40. The predicted octanol–water partition coefficient (Wildman–Crippen LogP) is 5.93. The van der Waals surface area contributed by atoms with Gasteiger partial charge in [0.15, 0.2) is 0 Å². The minimum Gasteiger partial charge on any atom is -0.324 e. The molecule has 2 nitrogen and oxygen atoms in total. The van der Waals surface area contributed by atoms with Crippen LogP contribution in [0.1, 0.15) is 13.8 Å². The topological polar surface area (TPSA) is 16.1 Å². The normalized spacial score (nSPS) is 11.3. The third-order valence-electron chi connectivity index (χ3n) is 4.36. The number of anilines is 2. The van der Waals surface area contributed by atoms with Gasteiger partial charge in [-0.1, -0.05) is 48.5 Å². The Labute approximate surface area is 142 Å². The summed E-state index contributed by atoms with van der Waals surface area (Å²) in [5, 5.41) is 3.68. The van der Waals surface area contributed by atoms with Crippen LogP contribution >= 0.6 is 0 Å². The van der Waals surface area contributed by atoms with Crippen LogP contribution in [-0.4, -0.2) is 11.0 Å². The number of pyridine rings is 1. The third-order valence-corrected chi connectivity index (χ3v) is 4.36. The first-order chi connectivity index (χ1) is 11.7. The van der Waals surface area contributed by atoms with Gasteiger partial charge in [-0.25, -0.2) is 4.98 Å². The van der Waals surface area contributed by atoms with Crippen molar-refractivity contribution >= 4 is 33.2 Å². The van der Waals surface area contributed by atoms with Crippen LogP contribution in [0.15, 0.2) is 78.9 Å². The lowest BCUT2D eigenvalue weighted by atomic mass is 10.1. The van der Waals surface area contributed by atoms with Gasteiger partial charge in [0.05, 0.1) is 5.52 Å². The highest BCUT2D eigenvalue weighted by atomic mass is 15.2. The fourth-order valence-electron chi connectivity index (χ4n) is 3.21. The molecule has 4 rings (SSSR count). The number of para-hydroxylation sites is 1. The van der Waals surface area contributed by atoms with Gasteiger partial charge in [-0.3, -0.25) is 0 Å². The van der Waals surface area contributed by atoms with Crippen molar-refractivity contribution in [2.24, 2.45) is 0 Å². The largest absolute Gasteiger partial charge is 0.324 e. The van der Waals surface area contributed by atoms with E-state index in [0.717, 1.165) is 11.3 Å². The smallest absolute Gasteiger partial charge is 0.133 e. The maximum Gasteiger partial charge on any atom is 0.133 e. The minimum absolute atomic E-state index is 0.319. The Hall–Kier alpha value is -2.87. The Morgan fingerprint density at radius 2 is 1.38 bits per heavy atom. The van der Waals surface area contributed by atoms with E-state index in [4.69, 9.17) is 4.98 Å². The zero-order valence-corrected chi connectivity index (χ0v) is 14.0. The molecule has 0 fully saturated rings. The van der Waals surface area contributed by atoms with Gasteiger partial charge in [-0.05, 0) is 55.0 Å². The molecule has 24 heavy (non-hydrogen) atoms. The van der Waals surface area contributed by atoms with Crippen molar-refractivity contribution in [1.82, 2.24) is 4.98 Å². The van der Waals surface area contributed by atoms with Gasteiger partial charge >= 0.3 is 0 Å². The van der Waals surface area contributed by atoms with E-state index in [0.29, 0.717) is 6.04 Å². The van der Waals surface area contributed by atoms with Crippen molar-refractivity contribution in [2.75, 3.05) is 4.90 Å². The quantitative estimate of drug-likeness (QED) is 0.466. The highest BCUT2D eigenvalue weighted by molar-refractivity contribution is 5.87. The molecule has 0 N–H and O–H groups in total. The standard InChI is InChI=1S/C22H20N2/c1-16(2)24(20-13-11-17-7-3-4-9-19(17)15-20)22-14-12-18-8-5-6-10-21(18)23-22/h3-16H,1-2H3. The molecule has 0 saturated heterocycles. The number of fused-ring (bicyclic) bond motifs is 2. The summed E-state index contributed by atoms with van der Waals surface area (Å²) >= 11 is 0. The van der Waals surface area contributed by atoms with Crippen molar-refractivity contribution in [3.8, 4) is 0 Å². The van der Waals surface area contributed by atoms with E-state index >= 15 is 0 Å². The van der Waals surface area contributed by atoms with E-state index in [1.54, 1.807) is 0 Å². The average molecular weight is 312 g/mol. The molecule has 1 aromatic heterocycles. The van der Waals surface area contributed by atoms with Crippen LogP contribution in [0.3, 0.4) is 0 Å². The summed E-state index contributed by atoms with van der Waals surface area (Å²) in [6.07, 6.45) is 0. The zero-order valence-electron chi connectivity index (χ0n) is 14.0. The van der Waals surface area contributed by atoms with Crippen LogP contribution in [0.4, 0.5) is 11.5 Å². The highest BCUT2D eigenvalue weighted by Crippen LogP contribution is 2.30. The molecule has 0 unspecified atom stereocenters. The Kier molecular flexibility index (Phi) is 3.66. The highest BCUT2D eigenvalue weighted by Gasteiger charge is 2.15. The van der Waals surface area contributed by atoms with E-state index in [-0.39, 0.29) is 0 Å². The maximum absolute atomic E-state index is 4.88. The fraction of sp³-hybridized carbons (Fsp3) is 0.136. The number of benzene rings is 3. The Balaban J connectivity index is 1.85. The van der Waals surface area contributed by atoms with Crippen LogP contribution < -0.4 is 4.90 Å². The van der Waals surface area contributed by atoms with Crippen molar-refractivity contribution in [3.63, 3.8) is 0 Å². The van der Waals surface area contributed by atoms with Crippen LogP contribution in [0.25, 0.3) is 21.7 Å². The monoisotopic (exact) mass is 312 g/mol. The molecule has 4 aromatic rings. The van der Waals surface area contributed by atoms with Crippen molar-refractivity contribution in [2.45, 2.75) is 19.9 Å². The molecule has 0 saturated carbocycles. The Bertz CT molecular complexity index is 925. The Morgan fingerprint density at radius 3 is 2.17 bits per heavy atom. The van der Waals surface area contributed by atoms with Crippen molar-refractivity contribution in [3.05, 3.63) is 78.9 Å². The van der Waals surface area contributed by atoms with E-state index < -0.39 is 0 Å². The lowest BCUT2D eigenvalue weighted by molar-refractivity contribution is 0.780. The zero-order chi connectivity index (χ0) is 16.5. The molecule has 0 atom stereocenters. The summed E-state index contributed by atoms with van der Waals surface area (Å²) < 4.78 is 0. The SMILES string of the molecule is CC(C)N(c1ccc2ccccc2c1)c1ccc2ccccc2n1. The van der Waals surface area contributed by atoms with Gasteiger partial charge in [0.2, 0.25) is 0 Å². The van der Waals surface area contributed by atoms with E-state index in [2.05, 4.69) is 85.5 Å². The van der Waals surface area contributed by atoms with Crippen LogP contribution in [-0.2, 0) is 0 Å². The van der Waals surface area contributed by atoms with E-state index in [9.17, 15) is 0 Å². The summed E-state index contributed by atoms with van der Waals surface area (Å²) in [5.74, 6) is 0.985. The van der Waals surface area contributed by atoms with Crippen LogP contribution in [0.5, 0.6) is 0 Å². The van der Waals surface area contributed by atoms with Gasteiger partial charge in [0.1, 0.15) is 5.82 Å². The Morgan fingerprint density at radius 1 is 0.708 bits per heavy atom. The van der Waals surface area contributed by atoms with Crippen LogP contribution in [0, 0.1) is 0 Å².